The van der Waals surface area contributed by atoms with Crippen LogP contribution in [0.5, 0.6) is 0 Å². The molecule has 7 heteroatoms. The fraction of sp³-hybridized carbons (Fsp3) is 0.615. The third kappa shape index (κ3) is 3.75. The molecule has 1 aromatic heterocycles. The zero-order valence-corrected chi connectivity index (χ0v) is 13.0. The third-order valence-corrected chi connectivity index (χ3v) is 3.86. The Kier molecular flexibility index (Phi) is 5.62. The highest BCUT2D eigenvalue weighted by Crippen LogP contribution is 2.30. The number of imidazole rings is 1. The lowest BCUT2D eigenvalue weighted by atomic mass is 10.0. The van der Waals surface area contributed by atoms with E-state index in [1.54, 1.807) is 10.8 Å². The van der Waals surface area contributed by atoms with Gasteiger partial charge in [-0.15, -0.1) is 0 Å². The van der Waals surface area contributed by atoms with E-state index in [1.165, 1.54) is 0 Å². The van der Waals surface area contributed by atoms with Crippen molar-refractivity contribution in [2.24, 2.45) is 11.7 Å². The predicted octanol–water partition coefficient (Wildman–Crippen LogP) is 1.87. The number of rotatable bonds is 7. The summed E-state index contributed by atoms with van der Waals surface area (Å²) in [5, 5.41) is 9.31. The van der Waals surface area contributed by atoms with Crippen LogP contribution < -0.4 is 5.73 Å². The van der Waals surface area contributed by atoms with Gasteiger partial charge in [-0.25, -0.2) is 4.98 Å². The van der Waals surface area contributed by atoms with E-state index in [1.807, 2.05) is 27.7 Å². The molecular formula is C13H21N3O3S. The fourth-order valence-corrected chi connectivity index (χ4v) is 2.79. The molecule has 0 aromatic carbocycles. The van der Waals surface area contributed by atoms with Gasteiger partial charge in [-0.1, -0.05) is 39.5 Å². The van der Waals surface area contributed by atoms with Crippen LogP contribution in [-0.4, -0.2) is 32.3 Å². The average Bonchev–Trinajstić information content (AvgIpc) is 2.69. The summed E-state index contributed by atoms with van der Waals surface area (Å²) in [6.07, 6.45) is 1.69. The molecular weight excluding hydrogens is 278 g/mol. The van der Waals surface area contributed by atoms with Gasteiger partial charge >= 0.3 is 5.97 Å². The number of aromatic nitrogens is 2. The van der Waals surface area contributed by atoms with E-state index in [4.69, 9.17) is 10.8 Å². The molecule has 0 fully saturated rings. The van der Waals surface area contributed by atoms with Crippen molar-refractivity contribution >= 4 is 23.6 Å². The molecule has 1 rings (SSSR count). The molecule has 0 saturated carbocycles. The first-order valence-electron chi connectivity index (χ1n) is 6.46. The molecule has 20 heavy (non-hydrogen) atoms. The lowest BCUT2D eigenvalue weighted by Crippen LogP contribution is -2.32. The van der Waals surface area contributed by atoms with Gasteiger partial charge in [0.15, 0.2) is 5.16 Å². The van der Waals surface area contributed by atoms with E-state index >= 15 is 0 Å². The summed E-state index contributed by atoms with van der Waals surface area (Å²) < 4.78 is 1.78. The molecule has 0 radical (unpaired) electrons. The quantitative estimate of drug-likeness (QED) is 0.749. The van der Waals surface area contributed by atoms with Crippen molar-refractivity contribution in [2.75, 3.05) is 5.75 Å². The Hall–Kier alpha value is -1.50. The van der Waals surface area contributed by atoms with Crippen molar-refractivity contribution in [3.05, 3.63) is 11.9 Å². The third-order valence-electron chi connectivity index (χ3n) is 2.91. The van der Waals surface area contributed by atoms with Crippen molar-refractivity contribution in [3.63, 3.8) is 0 Å². The number of nitrogens with zero attached hydrogens (tertiary/aromatic N) is 2. The molecule has 0 aliphatic heterocycles. The lowest BCUT2D eigenvalue weighted by molar-refractivity contribution is -0.133. The van der Waals surface area contributed by atoms with Gasteiger partial charge in [0.1, 0.15) is 6.04 Å². The zero-order valence-electron chi connectivity index (χ0n) is 12.2. The predicted molar refractivity (Wildman–Crippen MR) is 77.7 cm³/mol. The zero-order chi connectivity index (χ0) is 15.4. The highest BCUT2D eigenvalue weighted by molar-refractivity contribution is 7.99. The summed E-state index contributed by atoms with van der Waals surface area (Å²) >= 11 is 1.10. The van der Waals surface area contributed by atoms with Crippen LogP contribution in [0.15, 0.2) is 11.4 Å². The minimum absolute atomic E-state index is 0.00313. The fourth-order valence-electron chi connectivity index (χ4n) is 2.05. The maximum absolute atomic E-state index is 11.8. The molecule has 6 nitrogen and oxygen atoms in total. The summed E-state index contributed by atoms with van der Waals surface area (Å²) in [5.41, 5.74) is 6.39. The minimum Gasteiger partial charge on any atom is -0.481 e. The van der Waals surface area contributed by atoms with Crippen LogP contribution in [-0.2, 0) is 9.59 Å². The normalized spacial score (nSPS) is 12.9. The number of hydrogen-bond donors (Lipinski definition) is 2. The first-order valence-corrected chi connectivity index (χ1v) is 7.45. The van der Waals surface area contributed by atoms with Gasteiger partial charge in [0.25, 0.3) is 0 Å². The molecule has 0 aliphatic rings. The summed E-state index contributed by atoms with van der Waals surface area (Å²) in [6.45, 7) is 7.81. The Morgan fingerprint density at radius 2 is 2.00 bits per heavy atom. The number of nitrogens with two attached hydrogens (primary N) is 1. The SMILES string of the molecule is CC(C)c1cnc(SCC(=O)O)n1C(C(N)=O)C(C)C. The number of aliphatic carboxylic acids is 1. The van der Waals surface area contributed by atoms with Gasteiger partial charge in [-0.3, -0.25) is 9.59 Å². The van der Waals surface area contributed by atoms with Crippen LogP contribution in [0, 0.1) is 5.92 Å². The van der Waals surface area contributed by atoms with Gasteiger partial charge < -0.3 is 15.4 Å². The van der Waals surface area contributed by atoms with E-state index in [-0.39, 0.29) is 17.6 Å². The van der Waals surface area contributed by atoms with Crippen LogP contribution in [0.1, 0.15) is 45.3 Å². The summed E-state index contributed by atoms with van der Waals surface area (Å²) in [7, 11) is 0. The Morgan fingerprint density at radius 1 is 1.40 bits per heavy atom. The maximum atomic E-state index is 11.8. The average molecular weight is 299 g/mol. The highest BCUT2D eigenvalue weighted by atomic mass is 32.2. The lowest BCUT2D eigenvalue weighted by Gasteiger charge is -2.24. The van der Waals surface area contributed by atoms with Crippen LogP contribution in [0.25, 0.3) is 0 Å². The molecule has 0 spiro atoms. The topological polar surface area (TPSA) is 98.2 Å². The molecule has 112 valence electrons. The van der Waals surface area contributed by atoms with E-state index in [0.717, 1.165) is 17.5 Å². The van der Waals surface area contributed by atoms with Crippen molar-refractivity contribution in [3.8, 4) is 0 Å². The monoisotopic (exact) mass is 299 g/mol. The van der Waals surface area contributed by atoms with Gasteiger partial charge in [0.05, 0.1) is 5.75 Å². The Bertz CT molecular complexity index is 497. The van der Waals surface area contributed by atoms with Crippen LogP contribution in [0.4, 0.5) is 0 Å². The van der Waals surface area contributed by atoms with Crippen LogP contribution in [0.3, 0.4) is 0 Å². The summed E-state index contributed by atoms with van der Waals surface area (Å²) in [6, 6.07) is -0.522. The molecule has 3 N–H and O–H groups in total. The first kappa shape index (κ1) is 16.6. The number of carbonyl (C=O) groups is 2. The number of amides is 1. The van der Waals surface area contributed by atoms with Crippen molar-refractivity contribution in [2.45, 2.75) is 44.8 Å². The minimum atomic E-state index is -0.921. The number of primary amides is 1. The second-order valence-corrected chi connectivity index (χ2v) is 6.21. The van der Waals surface area contributed by atoms with Crippen LogP contribution in [0.2, 0.25) is 0 Å². The highest BCUT2D eigenvalue weighted by Gasteiger charge is 2.28. The van der Waals surface area contributed by atoms with Crippen LogP contribution >= 0.6 is 11.8 Å². The Labute approximate surface area is 122 Å². The molecule has 1 atom stereocenters. The smallest absolute Gasteiger partial charge is 0.313 e. The van der Waals surface area contributed by atoms with Gasteiger partial charge in [0, 0.05) is 11.9 Å². The van der Waals surface area contributed by atoms with Crippen molar-refractivity contribution in [1.82, 2.24) is 9.55 Å². The molecule has 1 amide bonds. The molecule has 0 saturated heterocycles. The second kappa shape index (κ2) is 6.78. The maximum Gasteiger partial charge on any atom is 0.313 e. The molecule has 0 aliphatic carbocycles. The van der Waals surface area contributed by atoms with E-state index in [0.29, 0.717) is 5.16 Å². The molecule has 1 aromatic rings. The van der Waals surface area contributed by atoms with Crippen molar-refractivity contribution < 1.29 is 14.7 Å². The largest absolute Gasteiger partial charge is 0.481 e. The first-order chi connectivity index (χ1) is 9.25. The summed E-state index contributed by atoms with van der Waals surface area (Å²) in [5.74, 6) is -1.28. The Morgan fingerprint density at radius 3 is 2.40 bits per heavy atom. The number of carboxylic acid groups (broad SMARTS) is 1. The van der Waals surface area contributed by atoms with E-state index < -0.39 is 17.9 Å². The summed E-state index contributed by atoms with van der Waals surface area (Å²) in [4.78, 5) is 26.7. The second-order valence-electron chi connectivity index (χ2n) is 5.26. The number of carbonyl (C=O) groups excluding carboxylic acids is 1. The standard InChI is InChI=1S/C13H21N3O3S/c1-7(2)9-5-15-13(20-6-10(17)18)16(9)11(8(3)4)12(14)19/h5,7-8,11H,6H2,1-4H3,(H2,14,19)(H,17,18). The van der Waals surface area contributed by atoms with Gasteiger partial charge in [-0.2, -0.15) is 0 Å². The van der Waals surface area contributed by atoms with E-state index in [2.05, 4.69) is 4.98 Å². The number of carboxylic acids is 1. The Balaban J connectivity index is 3.26. The number of thioether (sulfide) groups is 1. The molecule has 1 heterocycles. The van der Waals surface area contributed by atoms with Crippen molar-refractivity contribution in [1.29, 1.82) is 0 Å². The molecule has 1 unspecified atom stereocenters. The van der Waals surface area contributed by atoms with Gasteiger partial charge in [-0.05, 0) is 11.8 Å². The van der Waals surface area contributed by atoms with E-state index in [9.17, 15) is 9.59 Å². The van der Waals surface area contributed by atoms with Gasteiger partial charge in [0.2, 0.25) is 5.91 Å². The molecule has 0 bridgehead atoms. The number of hydrogen-bond acceptors (Lipinski definition) is 4.